The zero-order valence-electron chi connectivity index (χ0n) is 13.5. The van der Waals surface area contributed by atoms with Crippen molar-refractivity contribution in [2.24, 2.45) is 0 Å². The molecule has 24 heavy (non-hydrogen) atoms. The van der Waals surface area contributed by atoms with Crippen LogP contribution in [0.25, 0.3) is 11.2 Å². The summed E-state index contributed by atoms with van der Waals surface area (Å²) in [4.78, 5) is 13.1. The number of aliphatic hydroxyl groups is 2. The average Bonchev–Trinajstić information content (AvgIpc) is 3.19. The highest BCUT2D eigenvalue weighted by atomic mass is 16.5. The van der Waals surface area contributed by atoms with Crippen molar-refractivity contribution in [1.29, 1.82) is 0 Å². The first-order valence-corrected chi connectivity index (χ1v) is 8.64. The van der Waals surface area contributed by atoms with Crippen LogP contribution in [0.4, 0.5) is 5.82 Å². The maximum absolute atomic E-state index is 10.2. The highest BCUT2D eigenvalue weighted by Gasteiger charge is 2.36. The summed E-state index contributed by atoms with van der Waals surface area (Å²) in [6.45, 7) is -0.107. The number of anilines is 1. The number of imidazole rings is 1. The van der Waals surface area contributed by atoms with E-state index >= 15 is 0 Å². The van der Waals surface area contributed by atoms with Crippen LogP contribution in [0.2, 0.25) is 0 Å². The number of hydrogen-bond acceptors (Lipinski definition) is 7. The third-order valence-corrected chi connectivity index (χ3v) is 4.95. The minimum absolute atomic E-state index is 0.107. The molecule has 0 amide bonds. The molecule has 0 aromatic carbocycles. The van der Waals surface area contributed by atoms with Crippen LogP contribution in [0.3, 0.4) is 0 Å². The Morgan fingerprint density at radius 3 is 2.79 bits per heavy atom. The number of nitrogens with zero attached hydrogens (tertiary/aromatic N) is 4. The fourth-order valence-electron chi connectivity index (χ4n) is 3.68. The molecule has 130 valence electrons. The highest BCUT2D eigenvalue weighted by molar-refractivity contribution is 5.82. The normalized spacial score (nSPS) is 28.5. The lowest BCUT2D eigenvalue weighted by Gasteiger charge is -2.23. The van der Waals surface area contributed by atoms with Crippen molar-refractivity contribution in [1.82, 2.24) is 19.5 Å². The molecule has 0 bridgehead atoms. The van der Waals surface area contributed by atoms with Gasteiger partial charge in [-0.05, 0) is 12.8 Å². The molecule has 2 aromatic rings. The highest BCUT2D eigenvalue weighted by Crippen LogP contribution is 2.32. The lowest BCUT2D eigenvalue weighted by atomic mass is 9.95. The van der Waals surface area contributed by atoms with Crippen LogP contribution in [0, 0.1) is 0 Å². The summed E-state index contributed by atoms with van der Waals surface area (Å²) >= 11 is 0. The Bertz CT molecular complexity index is 700. The first-order chi connectivity index (χ1) is 11.8. The smallest absolute Gasteiger partial charge is 0.167 e. The summed E-state index contributed by atoms with van der Waals surface area (Å²) in [6.07, 6.45) is 7.99. The Balaban J connectivity index is 1.61. The molecule has 2 aromatic heterocycles. The van der Waals surface area contributed by atoms with Crippen molar-refractivity contribution in [2.45, 2.75) is 63.0 Å². The number of nitrogens with one attached hydrogen (secondary N) is 1. The van der Waals surface area contributed by atoms with Gasteiger partial charge in [-0.2, -0.15) is 0 Å². The summed E-state index contributed by atoms with van der Waals surface area (Å²) in [6, 6.07) is 0.425. The van der Waals surface area contributed by atoms with Crippen LogP contribution in [-0.4, -0.2) is 54.6 Å². The van der Waals surface area contributed by atoms with E-state index in [1.165, 1.54) is 25.6 Å². The summed E-state index contributed by atoms with van der Waals surface area (Å²) in [7, 11) is 0. The van der Waals surface area contributed by atoms with E-state index in [-0.39, 0.29) is 12.7 Å². The van der Waals surface area contributed by atoms with E-state index in [1.54, 1.807) is 10.9 Å². The van der Waals surface area contributed by atoms with Crippen molar-refractivity contribution in [3.8, 4) is 0 Å². The maximum atomic E-state index is 10.2. The van der Waals surface area contributed by atoms with Gasteiger partial charge in [-0.25, -0.2) is 15.0 Å². The minimum atomic E-state index is -0.690. The monoisotopic (exact) mass is 333 g/mol. The fraction of sp³-hybridized carbons (Fsp3) is 0.688. The predicted octanol–water partition coefficient (Wildman–Crippen LogP) is 1.21. The molecule has 4 rings (SSSR count). The lowest BCUT2D eigenvalue weighted by Crippen LogP contribution is -2.23. The second-order valence-electron chi connectivity index (χ2n) is 6.66. The zero-order chi connectivity index (χ0) is 16.5. The molecule has 3 atom stereocenters. The van der Waals surface area contributed by atoms with Crippen LogP contribution in [0.15, 0.2) is 12.7 Å². The maximum Gasteiger partial charge on any atom is 0.167 e. The molecule has 8 heteroatoms. The average molecular weight is 333 g/mol. The Morgan fingerprint density at radius 2 is 2.04 bits per heavy atom. The van der Waals surface area contributed by atoms with Gasteiger partial charge in [0.1, 0.15) is 12.4 Å². The van der Waals surface area contributed by atoms with Gasteiger partial charge in [-0.1, -0.05) is 19.3 Å². The van der Waals surface area contributed by atoms with E-state index in [2.05, 4.69) is 20.3 Å². The Kier molecular flexibility index (Phi) is 4.34. The van der Waals surface area contributed by atoms with E-state index in [0.717, 1.165) is 18.7 Å². The van der Waals surface area contributed by atoms with Crippen molar-refractivity contribution >= 4 is 17.0 Å². The molecule has 1 saturated carbocycles. The molecule has 1 aliphatic heterocycles. The van der Waals surface area contributed by atoms with Gasteiger partial charge in [0, 0.05) is 12.5 Å². The lowest BCUT2D eigenvalue weighted by molar-refractivity contribution is -0.0486. The predicted molar refractivity (Wildman–Crippen MR) is 87.4 cm³/mol. The van der Waals surface area contributed by atoms with E-state index in [0.29, 0.717) is 23.6 Å². The van der Waals surface area contributed by atoms with Crippen molar-refractivity contribution in [2.75, 3.05) is 11.9 Å². The van der Waals surface area contributed by atoms with E-state index < -0.39 is 12.3 Å². The summed E-state index contributed by atoms with van der Waals surface area (Å²) in [5.41, 5.74) is 1.32. The molecule has 3 heterocycles. The SMILES string of the molecule is OC[C@@H]1C[C@@H](O)[C@H](n2cnc3c(NC4CCCCC4)ncnc32)O1. The third kappa shape index (κ3) is 2.85. The van der Waals surface area contributed by atoms with Gasteiger partial charge >= 0.3 is 0 Å². The number of hydrogen-bond donors (Lipinski definition) is 3. The van der Waals surface area contributed by atoms with E-state index in [4.69, 9.17) is 4.74 Å². The van der Waals surface area contributed by atoms with Gasteiger partial charge in [0.15, 0.2) is 23.2 Å². The Morgan fingerprint density at radius 1 is 1.21 bits per heavy atom. The van der Waals surface area contributed by atoms with Crippen LogP contribution >= 0.6 is 0 Å². The molecule has 8 nitrogen and oxygen atoms in total. The van der Waals surface area contributed by atoms with E-state index in [1.807, 2.05) is 0 Å². The fourth-order valence-corrected chi connectivity index (χ4v) is 3.68. The summed E-state index contributed by atoms with van der Waals surface area (Å²) in [5.74, 6) is 0.733. The van der Waals surface area contributed by atoms with Gasteiger partial charge < -0.3 is 20.3 Å². The van der Waals surface area contributed by atoms with Crippen molar-refractivity contribution < 1.29 is 14.9 Å². The third-order valence-electron chi connectivity index (χ3n) is 4.95. The molecular weight excluding hydrogens is 310 g/mol. The van der Waals surface area contributed by atoms with Gasteiger partial charge in [-0.3, -0.25) is 4.57 Å². The Hall–Kier alpha value is -1.77. The molecule has 0 unspecified atom stereocenters. The molecule has 2 fully saturated rings. The molecule has 1 aliphatic carbocycles. The number of rotatable bonds is 4. The van der Waals surface area contributed by atoms with Crippen molar-refractivity contribution in [3.63, 3.8) is 0 Å². The number of ether oxygens (including phenoxy) is 1. The Labute approximate surface area is 139 Å². The zero-order valence-corrected chi connectivity index (χ0v) is 13.5. The summed E-state index contributed by atoms with van der Waals surface area (Å²) < 4.78 is 7.43. The summed E-state index contributed by atoms with van der Waals surface area (Å²) in [5, 5.41) is 22.9. The van der Waals surface area contributed by atoms with Crippen LogP contribution in [0.5, 0.6) is 0 Å². The first kappa shape index (κ1) is 15.7. The molecule has 0 spiro atoms. The van der Waals surface area contributed by atoms with Crippen LogP contribution in [0.1, 0.15) is 44.8 Å². The number of aliphatic hydroxyl groups excluding tert-OH is 2. The van der Waals surface area contributed by atoms with Gasteiger partial charge in [0.2, 0.25) is 0 Å². The second-order valence-corrected chi connectivity index (χ2v) is 6.66. The molecule has 3 N–H and O–H groups in total. The topological polar surface area (TPSA) is 105 Å². The molecule has 2 aliphatic rings. The van der Waals surface area contributed by atoms with Crippen LogP contribution < -0.4 is 5.32 Å². The van der Waals surface area contributed by atoms with Gasteiger partial charge in [0.05, 0.1) is 19.0 Å². The van der Waals surface area contributed by atoms with Gasteiger partial charge in [0.25, 0.3) is 0 Å². The number of aromatic nitrogens is 4. The van der Waals surface area contributed by atoms with Crippen molar-refractivity contribution in [3.05, 3.63) is 12.7 Å². The van der Waals surface area contributed by atoms with Gasteiger partial charge in [-0.15, -0.1) is 0 Å². The second kappa shape index (κ2) is 6.62. The molecule has 0 radical (unpaired) electrons. The number of fused-ring (bicyclic) bond motifs is 1. The largest absolute Gasteiger partial charge is 0.394 e. The standard InChI is InChI=1S/C16H23N5O3/c22-7-11-6-12(23)16(24-11)21-9-19-13-14(17-8-18-15(13)21)20-10-4-2-1-3-5-10/h8-12,16,22-23H,1-7H2,(H,17,18,20)/t11-,12+,16+/m0/s1. The van der Waals surface area contributed by atoms with Crippen LogP contribution in [-0.2, 0) is 4.74 Å². The molecule has 1 saturated heterocycles. The minimum Gasteiger partial charge on any atom is -0.394 e. The molecular formula is C16H23N5O3. The quantitative estimate of drug-likeness (QED) is 0.772. The van der Waals surface area contributed by atoms with E-state index in [9.17, 15) is 10.2 Å². The first-order valence-electron chi connectivity index (χ1n) is 8.64.